The SMILES string of the molecule is C=CCNC(=O)CN(CC)S(=O)(=O)c1cc(C)ccc1C. The van der Waals surface area contributed by atoms with Crippen LogP contribution in [0.2, 0.25) is 0 Å². The Balaban J connectivity index is 3.05. The summed E-state index contributed by atoms with van der Waals surface area (Å²) in [5.41, 5.74) is 1.54. The van der Waals surface area contributed by atoms with Crippen molar-refractivity contribution in [3.63, 3.8) is 0 Å². The predicted molar refractivity (Wildman–Crippen MR) is 83.6 cm³/mol. The topological polar surface area (TPSA) is 66.5 Å². The van der Waals surface area contributed by atoms with Crippen LogP contribution in [-0.4, -0.2) is 38.3 Å². The van der Waals surface area contributed by atoms with E-state index < -0.39 is 10.0 Å². The van der Waals surface area contributed by atoms with Crippen LogP contribution in [0.4, 0.5) is 0 Å². The van der Waals surface area contributed by atoms with E-state index in [0.29, 0.717) is 12.1 Å². The molecule has 6 heteroatoms. The maximum Gasteiger partial charge on any atom is 0.243 e. The number of benzene rings is 1. The molecule has 1 rings (SSSR count). The molecule has 0 saturated heterocycles. The van der Waals surface area contributed by atoms with Crippen LogP contribution in [0.1, 0.15) is 18.1 Å². The fourth-order valence-corrected chi connectivity index (χ4v) is 3.61. The molecule has 0 aromatic heterocycles. The minimum Gasteiger partial charge on any atom is -0.351 e. The Hall–Kier alpha value is -1.66. The molecule has 0 aliphatic heterocycles. The van der Waals surface area contributed by atoms with Gasteiger partial charge in [-0.05, 0) is 31.0 Å². The van der Waals surface area contributed by atoms with Crippen LogP contribution in [0.5, 0.6) is 0 Å². The van der Waals surface area contributed by atoms with E-state index in [1.165, 1.54) is 4.31 Å². The number of aryl methyl sites for hydroxylation is 2. The van der Waals surface area contributed by atoms with Crippen molar-refractivity contribution >= 4 is 15.9 Å². The van der Waals surface area contributed by atoms with E-state index in [1.54, 1.807) is 32.1 Å². The smallest absolute Gasteiger partial charge is 0.243 e. The molecule has 0 aliphatic carbocycles. The number of sulfonamides is 1. The lowest BCUT2D eigenvalue weighted by atomic mass is 10.2. The van der Waals surface area contributed by atoms with Crippen LogP contribution in [0.25, 0.3) is 0 Å². The zero-order valence-corrected chi connectivity index (χ0v) is 13.5. The van der Waals surface area contributed by atoms with Gasteiger partial charge in [-0.15, -0.1) is 6.58 Å². The van der Waals surface area contributed by atoms with Crippen molar-refractivity contribution in [2.75, 3.05) is 19.6 Å². The van der Waals surface area contributed by atoms with Crippen molar-refractivity contribution in [2.24, 2.45) is 0 Å². The highest BCUT2D eigenvalue weighted by atomic mass is 32.2. The normalized spacial score (nSPS) is 11.4. The number of likely N-dealkylation sites (N-methyl/N-ethyl adjacent to an activating group) is 1. The molecule has 0 fully saturated rings. The largest absolute Gasteiger partial charge is 0.351 e. The third kappa shape index (κ3) is 4.41. The molecule has 0 bridgehead atoms. The molecule has 1 aromatic carbocycles. The summed E-state index contributed by atoms with van der Waals surface area (Å²) >= 11 is 0. The lowest BCUT2D eigenvalue weighted by molar-refractivity contribution is -0.121. The van der Waals surface area contributed by atoms with Crippen LogP contribution in [0.3, 0.4) is 0 Å². The standard InChI is InChI=1S/C15H22N2O3S/c1-5-9-16-15(18)11-17(6-2)21(19,20)14-10-12(3)7-8-13(14)4/h5,7-8,10H,1,6,9,11H2,2-4H3,(H,16,18). The van der Waals surface area contributed by atoms with Crippen molar-refractivity contribution in [3.05, 3.63) is 42.0 Å². The number of nitrogens with zero attached hydrogens (tertiary/aromatic N) is 1. The Morgan fingerprint density at radius 3 is 2.62 bits per heavy atom. The Kier molecular flexibility index (Phi) is 6.11. The van der Waals surface area contributed by atoms with Gasteiger partial charge in [-0.3, -0.25) is 4.79 Å². The van der Waals surface area contributed by atoms with E-state index in [-0.39, 0.29) is 23.9 Å². The van der Waals surface area contributed by atoms with Crippen LogP contribution in [0.15, 0.2) is 35.7 Å². The number of carbonyl (C=O) groups is 1. The van der Waals surface area contributed by atoms with Gasteiger partial charge in [0.05, 0.1) is 11.4 Å². The lowest BCUT2D eigenvalue weighted by Gasteiger charge is -2.21. The second-order valence-electron chi connectivity index (χ2n) is 4.79. The van der Waals surface area contributed by atoms with E-state index in [4.69, 9.17) is 0 Å². The molecule has 0 unspecified atom stereocenters. The van der Waals surface area contributed by atoms with Gasteiger partial charge in [0.2, 0.25) is 15.9 Å². The van der Waals surface area contributed by atoms with Gasteiger partial charge in [0.25, 0.3) is 0 Å². The third-order valence-electron chi connectivity index (χ3n) is 3.08. The van der Waals surface area contributed by atoms with E-state index >= 15 is 0 Å². The molecule has 0 heterocycles. The van der Waals surface area contributed by atoms with Crippen molar-refractivity contribution in [2.45, 2.75) is 25.7 Å². The molecule has 1 amide bonds. The summed E-state index contributed by atoms with van der Waals surface area (Å²) in [5, 5.41) is 2.58. The highest BCUT2D eigenvalue weighted by Crippen LogP contribution is 2.20. The quantitative estimate of drug-likeness (QED) is 0.778. The molecule has 116 valence electrons. The summed E-state index contributed by atoms with van der Waals surface area (Å²) in [5.74, 6) is -0.342. The van der Waals surface area contributed by atoms with Gasteiger partial charge in [-0.25, -0.2) is 8.42 Å². The van der Waals surface area contributed by atoms with Crippen molar-refractivity contribution in [1.29, 1.82) is 0 Å². The molecule has 1 N–H and O–H groups in total. The van der Waals surface area contributed by atoms with Gasteiger partial charge in [-0.2, -0.15) is 4.31 Å². The first kappa shape index (κ1) is 17.4. The predicted octanol–water partition coefficient (Wildman–Crippen LogP) is 1.62. The maximum absolute atomic E-state index is 12.7. The number of hydrogen-bond donors (Lipinski definition) is 1. The second-order valence-corrected chi connectivity index (χ2v) is 6.70. The van der Waals surface area contributed by atoms with E-state index in [0.717, 1.165) is 5.56 Å². The molecule has 5 nitrogen and oxygen atoms in total. The van der Waals surface area contributed by atoms with Crippen LogP contribution >= 0.6 is 0 Å². The first-order chi connectivity index (χ1) is 9.82. The van der Waals surface area contributed by atoms with E-state index in [9.17, 15) is 13.2 Å². The Bertz CT molecular complexity index is 624. The summed E-state index contributed by atoms with van der Waals surface area (Å²) in [7, 11) is -3.68. The fourth-order valence-electron chi connectivity index (χ4n) is 1.89. The molecule has 0 radical (unpaired) electrons. The maximum atomic E-state index is 12.7. The van der Waals surface area contributed by atoms with E-state index in [1.807, 2.05) is 13.0 Å². The molecule has 0 aliphatic rings. The number of hydrogen-bond acceptors (Lipinski definition) is 3. The molecule has 1 aromatic rings. The van der Waals surface area contributed by atoms with Gasteiger partial charge in [0, 0.05) is 13.1 Å². The van der Waals surface area contributed by atoms with Crippen molar-refractivity contribution < 1.29 is 13.2 Å². The number of carbonyl (C=O) groups excluding carboxylic acids is 1. The monoisotopic (exact) mass is 310 g/mol. The molecular weight excluding hydrogens is 288 g/mol. The van der Waals surface area contributed by atoms with Crippen molar-refractivity contribution in [1.82, 2.24) is 9.62 Å². The zero-order valence-electron chi connectivity index (χ0n) is 12.7. The third-order valence-corrected chi connectivity index (χ3v) is 5.14. The van der Waals surface area contributed by atoms with Gasteiger partial charge in [0.15, 0.2) is 0 Å². The summed E-state index contributed by atoms with van der Waals surface area (Å²) in [6.45, 7) is 9.16. The summed E-state index contributed by atoms with van der Waals surface area (Å²) < 4.78 is 26.5. The Morgan fingerprint density at radius 2 is 2.05 bits per heavy atom. The fraction of sp³-hybridized carbons (Fsp3) is 0.400. The number of nitrogens with one attached hydrogen (secondary N) is 1. The zero-order chi connectivity index (χ0) is 16.0. The van der Waals surface area contributed by atoms with Gasteiger partial charge >= 0.3 is 0 Å². The number of amides is 1. The minimum absolute atomic E-state index is 0.194. The summed E-state index contributed by atoms with van der Waals surface area (Å²) in [6.07, 6.45) is 1.55. The first-order valence-electron chi connectivity index (χ1n) is 6.78. The van der Waals surface area contributed by atoms with Crippen LogP contribution < -0.4 is 5.32 Å². The highest BCUT2D eigenvalue weighted by molar-refractivity contribution is 7.89. The molecule has 21 heavy (non-hydrogen) atoms. The van der Waals surface area contributed by atoms with Gasteiger partial charge in [-0.1, -0.05) is 25.1 Å². The number of rotatable bonds is 7. The van der Waals surface area contributed by atoms with Gasteiger partial charge < -0.3 is 5.32 Å². The Morgan fingerprint density at radius 1 is 1.38 bits per heavy atom. The lowest BCUT2D eigenvalue weighted by Crippen LogP contribution is -2.40. The van der Waals surface area contributed by atoms with Gasteiger partial charge in [0.1, 0.15) is 0 Å². The summed E-state index contributed by atoms with van der Waals surface area (Å²) in [4.78, 5) is 12.0. The Labute approximate surface area is 126 Å². The second kappa shape index (κ2) is 7.38. The molecule has 0 spiro atoms. The average molecular weight is 310 g/mol. The van der Waals surface area contributed by atoms with Crippen LogP contribution in [0, 0.1) is 13.8 Å². The first-order valence-corrected chi connectivity index (χ1v) is 8.22. The summed E-state index contributed by atoms with van der Waals surface area (Å²) in [6, 6.07) is 5.27. The molecular formula is C15H22N2O3S. The minimum atomic E-state index is -3.68. The van der Waals surface area contributed by atoms with Crippen molar-refractivity contribution in [3.8, 4) is 0 Å². The van der Waals surface area contributed by atoms with E-state index in [2.05, 4.69) is 11.9 Å². The molecule has 0 atom stereocenters. The highest BCUT2D eigenvalue weighted by Gasteiger charge is 2.26. The average Bonchev–Trinajstić information content (AvgIpc) is 2.44. The van der Waals surface area contributed by atoms with Crippen LogP contribution in [-0.2, 0) is 14.8 Å². The molecule has 0 saturated carbocycles.